The average molecular weight is 571 g/mol. The number of unbranched alkanes of at least 4 members (excludes halogenated alkanes) is 1. The van der Waals surface area contributed by atoms with Crippen LogP contribution in [0.5, 0.6) is 0 Å². The normalized spacial score (nSPS) is 15.9. The third kappa shape index (κ3) is 7.16. The van der Waals surface area contributed by atoms with Gasteiger partial charge in [0.25, 0.3) is 5.91 Å². The summed E-state index contributed by atoms with van der Waals surface area (Å²) >= 11 is 0. The highest BCUT2D eigenvalue weighted by Crippen LogP contribution is 2.22. The highest BCUT2D eigenvalue weighted by molar-refractivity contribution is 7.89. The van der Waals surface area contributed by atoms with E-state index in [1.165, 1.54) is 0 Å². The largest absolute Gasteiger partial charge is 0.480 e. The van der Waals surface area contributed by atoms with Crippen molar-refractivity contribution in [2.24, 2.45) is 5.16 Å². The van der Waals surface area contributed by atoms with E-state index in [9.17, 15) is 23.1 Å². The Morgan fingerprint density at radius 2 is 1.88 bits per heavy atom. The van der Waals surface area contributed by atoms with Gasteiger partial charge in [-0.3, -0.25) is 9.59 Å². The first-order chi connectivity index (χ1) is 19.0. The number of aromatic nitrogens is 2. The van der Waals surface area contributed by atoms with Crippen molar-refractivity contribution in [3.63, 3.8) is 0 Å². The van der Waals surface area contributed by atoms with Crippen molar-refractivity contribution in [3.8, 4) is 0 Å². The van der Waals surface area contributed by atoms with Gasteiger partial charge in [-0.15, -0.1) is 0 Å². The number of carbonyl (C=O) groups is 2. The van der Waals surface area contributed by atoms with Gasteiger partial charge in [-0.25, -0.2) is 13.4 Å². The van der Waals surface area contributed by atoms with Crippen LogP contribution in [0.2, 0.25) is 0 Å². The van der Waals surface area contributed by atoms with Crippen molar-refractivity contribution >= 4 is 44.6 Å². The molecule has 1 aliphatic heterocycles. The summed E-state index contributed by atoms with van der Waals surface area (Å²) in [5.41, 5.74) is 4.52. The van der Waals surface area contributed by atoms with Crippen molar-refractivity contribution in [2.45, 2.75) is 63.5 Å². The van der Waals surface area contributed by atoms with Crippen LogP contribution in [0.4, 0.5) is 5.95 Å². The Hall–Kier alpha value is -3.97. The number of carboxylic acids is 1. The Balaban J connectivity index is 1.20. The Labute approximate surface area is 232 Å². The molecule has 0 aliphatic carbocycles. The van der Waals surface area contributed by atoms with E-state index < -0.39 is 40.6 Å². The lowest BCUT2D eigenvalue weighted by Gasteiger charge is -2.19. The molecule has 3 aromatic rings. The topological polar surface area (TPSA) is 175 Å². The molecule has 13 heteroatoms. The number of benzene rings is 2. The van der Waals surface area contributed by atoms with Crippen LogP contribution < -0.4 is 15.4 Å². The van der Waals surface area contributed by atoms with Crippen LogP contribution >= 0.6 is 0 Å². The van der Waals surface area contributed by atoms with Crippen LogP contribution in [0.25, 0.3) is 11.0 Å². The number of aromatic amines is 1. The highest BCUT2D eigenvalue weighted by Gasteiger charge is 2.31. The van der Waals surface area contributed by atoms with Crippen LogP contribution in [0.15, 0.2) is 46.4 Å². The second kappa shape index (κ2) is 12.5. The zero-order chi connectivity index (χ0) is 28.9. The molecule has 214 valence electrons. The van der Waals surface area contributed by atoms with Gasteiger partial charge >= 0.3 is 5.97 Å². The molecule has 2 atom stereocenters. The van der Waals surface area contributed by atoms with Crippen molar-refractivity contribution in [3.05, 3.63) is 53.1 Å². The number of fused-ring (bicyclic) bond motifs is 1. The number of nitrogens with one attached hydrogen (secondary N) is 4. The van der Waals surface area contributed by atoms with Crippen molar-refractivity contribution in [1.29, 1.82) is 0 Å². The molecular weight excluding hydrogens is 536 g/mol. The molecule has 0 bridgehead atoms. The molecule has 1 aliphatic rings. The number of hydrogen-bond acceptors (Lipinski definition) is 8. The summed E-state index contributed by atoms with van der Waals surface area (Å²) in [4.78, 5) is 37.4. The summed E-state index contributed by atoms with van der Waals surface area (Å²) in [5, 5.41) is 19.3. The molecule has 2 aromatic carbocycles. The summed E-state index contributed by atoms with van der Waals surface area (Å²) in [6, 6.07) is 9.65. The van der Waals surface area contributed by atoms with E-state index in [-0.39, 0.29) is 11.3 Å². The van der Waals surface area contributed by atoms with E-state index in [4.69, 9.17) is 4.84 Å². The first-order valence-electron chi connectivity index (χ1n) is 13.0. The van der Waals surface area contributed by atoms with Gasteiger partial charge in [-0.1, -0.05) is 35.0 Å². The van der Waals surface area contributed by atoms with Gasteiger partial charge in [0.05, 0.1) is 21.6 Å². The molecule has 5 N–H and O–H groups in total. The molecule has 0 radical (unpaired) electrons. The molecule has 1 aromatic heterocycles. The first kappa shape index (κ1) is 29.0. The fraction of sp³-hybridized carbons (Fsp3) is 0.407. The first-order valence-corrected chi connectivity index (χ1v) is 14.5. The van der Waals surface area contributed by atoms with Gasteiger partial charge in [-0.05, 0) is 63.3 Å². The summed E-state index contributed by atoms with van der Waals surface area (Å²) in [6.45, 7) is 5.42. The van der Waals surface area contributed by atoms with Gasteiger partial charge in [-0.2, -0.15) is 4.72 Å². The number of imidazole rings is 1. The maximum absolute atomic E-state index is 13.0. The molecule has 40 heavy (non-hydrogen) atoms. The fourth-order valence-electron chi connectivity index (χ4n) is 4.75. The monoisotopic (exact) mass is 570 g/mol. The predicted octanol–water partition coefficient (Wildman–Crippen LogP) is 2.76. The molecule has 2 heterocycles. The van der Waals surface area contributed by atoms with Crippen molar-refractivity contribution in [1.82, 2.24) is 20.0 Å². The van der Waals surface area contributed by atoms with Crippen molar-refractivity contribution in [2.75, 3.05) is 18.4 Å². The van der Waals surface area contributed by atoms with E-state index in [0.717, 1.165) is 35.2 Å². The van der Waals surface area contributed by atoms with Crippen LogP contribution in [-0.4, -0.2) is 66.3 Å². The summed E-state index contributed by atoms with van der Waals surface area (Å²) in [5.74, 6) is -1.25. The minimum atomic E-state index is -4.15. The van der Waals surface area contributed by atoms with Crippen LogP contribution in [0.1, 0.15) is 42.4 Å². The summed E-state index contributed by atoms with van der Waals surface area (Å²) < 4.78 is 28.1. The van der Waals surface area contributed by atoms with Gasteiger partial charge in [0.1, 0.15) is 6.04 Å². The van der Waals surface area contributed by atoms with Crippen molar-refractivity contribution < 1.29 is 28.0 Å². The molecule has 0 spiro atoms. The maximum atomic E-state index is 13.0. The summed E-state index contributed by atoms with van der Waals surface area (Å²) in [6.07, 6.45) is 1.72. The molecular formula is C27H34N6O6S. The van der Waals surface area contributed by atoms with Gasteiger partial charge < -0.3 is 25.6 Å². The number of nitrogens with zero attached hydrogens (tertiary/aromatic N) is 2. The number of sulfonamides is 1. The fourth-order valence-corrected chi connectivity index (χ4v) is 6.39. The molecule has 0 fully saturated rings. The molecule has 4 rings (SSSR count). The quantitative estimate of drug-likeness (QED) is 0.195. The van der Waals surface area contributed by atoms with Gasteiger partial charge in [0.2, 0.25) is 22.1 Å². The number of amides is 1. The minimum Gasteiger partial charge on any atom is -0.480 e. The van der Waals surface area contributed by atoms with E-state index >= 15 is 0 Å². The minimum absolute atomic E-state index is 0.0284. The molecule has 0 saturated carbocycles. The highest BCUT2D eigenvalue weighted by atomic mass is 32.2. The Bertz CT molecular complexity index is 1480. The van der Waals surface area contributed by atoms with E-state index in [1.54, 1.807) is 26.0 Å². The molecule has 1 amide bonds. The number of para-hydroxylation sites is 2. The second-order valence-corrected chi connectivity index (χ2v) is 11.6. The number of anilines is 1. The van der Waals surface area contributed by atoms with E-state index in [0.29, 0.717) is 30.0 Å². The predicted molar refractivity (Wildman–Crippen MR) is 151 cm³/mol. The Morgan fingerprint density at radius 1 is 1.15 bits per heavy atom. The standard InChI is InChI=1S/C27H34N6O6S/c1-16-12-17(2)24(18(3)13-16)40(37,38)33-22(26(35)36)15-29-25(34)23-14-19(32-39-23)8-6-7-11-28-27-30-20-9-4-5-10-21(20)31-27/h4-5,9-10,12-13,22-23,33H,6-8,11,14-15H2,1-3H3,(H,29,34)(H,35,36)(H2,28,30,31). The third-order valence-corrected chi connectivity index (χ3v) is 8.32. The SMILES string of the molecule is Cc1cc(C)c(S(=O)(=O)NC(CNC(=O)C2CC(CCCCNc3nc4ccccc4[nH]3)=NO2)C(=O)O)c(C)c1. The van der Waals surface area contributed by atoms with Crippen LogP contribution in [0.3, 0.4) is 0 Å². The number of carboxylic acid groups (broad SMARTS) is 1. The molecule has 2 unspecified atom stereocenters. The average Bonchev–Trinajstić information content (AvgIpc) is 3.52. The Morgan fingerprint density at radius 3 is 2.58 bits per heavy atom. The molecule has 12 nitrogen and oxygen atoms in total. The van der Waals surface area contributed by atoms with Gasteiger partial charge in [0.15, 0.2) is 0 Å². The number of aryl methyl sites for hydroxylation is 3. The van der Waals surface area contributed by atoms with E-state index in [2.05, 4.69) is 30.5 Å². The van der Waals surface area contributed by atoms with Crippen LogP contribution in [-0.2, 0) is 24.4 Å². The number of H-pyrrole nitrogens is 1. The number of carbonyl (C=O) groups excluding carboxylic acids is 1. The zero-order valence-electron chi connectivity index (χ0n) is 22.7. The number of hydrogen-bond donors (Lipinski definition) is 5. The number of rotatable bonds is 13. The smallest absolute Gasteiger partial charge is 0.323 e. The number of aliphatic carboxylic acids is 1. The lowest BCUT2D eigenvalue weighted by atomic mass is 10.1. The van der Waals surface area contributed by atoms with E-state index in [1.807, 2.05) is 31.2 Å². The Kier molecular flexibility index (Phi) is 9.05. The lowest BCUT2D eigenvalue weighted by Crippen LogP contribution is -2.50. The maximum Gasteiger partial charge on any atom is 0.323 e. The lowest BCUT2D eigenvalue weighted by molar-refractivity contribution is -0.139. The van der Waals surface area contributed by atoms with Gasteiger partial charge in [0, 0.05) is 19.5 Å². The zero-order valence-corrected chi connectivity index (χ0v) is 23.5. The second-order valence-electron chi connectivity index (χ2n) is 9.93. The van der Waals surface area contributed by atoms with Crippen LogP contribution in [0, 0.1) is 20.8 Å². The third-order valence-electron chi connectivity index (χ3n) is 6.55. The molecule has 0 saturated heterocycles. The number of oxime groups is 1. The summed E-state index contributed by atoms with van der Waals surface area (Å²) in [7, 11) is -4.15.